The second kappa shape index (κ2) is 7.49. The molecule has 1 saturated carbocycles. The van der Waals surface area contributed by atoms with Crippen molar-refractivity contribution >= 4 is 17.7 Å². The van der Waals surface area contributed by atoms with Gasteiger partial charge in [-0.2, -0.15) is 0 Å². The van der Waals surface area contributed by atoms with E-state index in [0.29, 0.717) is 5.56 Å². The third-order valence-corrected chi connectivity index (χ3v) is 4.59. The van der Waals surface area contributed by atoms with Crippen LogP contribution in [0.2, 0.25) is 0 Å². The van der Waals surface area contributed by atoms with E-state index in [4.69, 9.17) is 0 Å². The molecule has 0 radical (unpaired) electrons. The standard InChI is InChI=1S/C20H20N2O4/c23-19(13-8-15-6-11-18(12-7-15)22(25)26)21-14-20(24,17-9-10-17)16-4-2-1-3-5-16/h1-8,11-13,17,24H,9-10,14H2,(H,21,23)/b13-8+. The zero-order valence-electron chi connectivity index (χ0n) is 14.2. The van der Waals surface area contributed by atoms with Gasteiger partial charge in [-0.05, 0) is 48.1 Å². The van der Waals surface area contributed by atoms with Crippen LogP contribution in [0.25, 0.3) is 6.08 Å². The van der Waals surface area contributed by atoms with Gasteiger partial charge in [0.05, 0.1) is 11.5 Å². The molecule has 0 spiro atoms. The summed E-state index contributed by atoms with van der Waals surface area (Å²) < 4.78 is 0. The molecule has 1 atom stereocenters. The van der Waals surface area contributed by atoms with E-state index < -0.39 is 10.5 Å². The summed E-state index contributed by atoms with van der Waals surface area (Å²) in [6, 6.07) is 15.3. The molecular formula is C20H20N2O4. The maximum Gasteiger partial charge on any atom is 0.269 e. The van der Waals surface area contributed by atoms with Crippen molar-refractivity contribution in [3.63, 3.8) is 0 Å². The third kappa shape index (κ3) is 4.15. The van der Waals surface area contributed by atoms with E-state index in [1.807, 2.05) is 30.3 Å². The highest BCUT2D eigenvalue weighted by Gasteiger charge is 2.45. The minimum atomic E-state index is -1.06. The van der Waals surface area contributed by atoms with Crippen molar-refractivity contribution in [2.75, 3.05) is 6.54 Å². The number of carbonyl (C=O) groups is 1. The number of nitrogens with one attached hydrogen (secondary N) is 1. The molecule has 0 bridgehead atoms. The van der Waals surface area contributed by atoms with E-state index in [-0.39, 0.29) is 24.1 Å². The monoisotopic (exact) mass is 352 g/mol. The molecule has 2 aromatic rings. The maximum atomic E-state index is 12.1. The number of nitrogens with zero attached hydrogens (tertiary/aromatic N) is 1. The summed E-state index contributed by atoms with van der Waals surface area (Å²) in [7, 11) is 0. The molecule has 6 heteroatoms. The Morgan fingerprint density at radius 2 is 1.85 bits per heavy atom. The summed E-state index contributed by atoms with van der Waals surface area (Å²) in [4.78, 5) is 22.3. The van der Waals surface area contributed by atoms with Crippen molar-refractivity contribution in [1.82, 2.24) is 5.32 Å². The van der Waals surface area contributed by atoms with Crippen LogP contribution in [0.4, 0.5) is 5.69 Å². The molecular weight excluding hydrogens is 332 g/mol. The van der Waals surface area contributed by atoms with Crippen LogP contribution in [0, 0.1) is 16.0 Å². The van der Waals surface area contributed by atoms with Crippen LogP contribution < -0.4 is 5.32 Å². The van der Waals surface area contributed by atoms with E-state index in [9.17, 15) is 20.0 Å². The summed E-state index contributed by atoms with van der Waals surface area (Å²) >= 11 is 0. The van der Waals surface area contributed by atoms with Gasteiger partial charge in [-0.3, -0.25) is 14.9 Å². The van der Waals surface area contributed by atoms with Gasteiger partial charge in [0.25, 0.3) is 5.69 Å². The zero-order valence-corrected chi connectivity index (χ0v) is 14.2. The molecule has 3 rings (SSSR count). The molecule has 1 unspecified atom stereocenters. The molecule has 1 aliphatic rings. The topological polar surface area (TPSA) is 92.5 Å². The number of benzene rings is 2. The molecule has 6 nitrogen and oxygen atoms in total. The smallest absolute Gasteiger partial charge is 0.269 e. The minimum Gasteiger partial charge on any atom is -0.383 e. The van der Waals surface area contributed by atoms with Gasteiger partial charge in [0, 0.05) is 18.2 Å². The maximum absolute atomic E-state index is 12.1. The van der Waals surface area contributed by atoms with Gasteiger partial charge in [-0.1, -0.05) is 30.3 Å². The Hall–Kier alpha value is -2.99. The molecule has 2 aromatic carbocycles. The summed E-state index contributed by atoms with van der Waals surface area (Å²) in [6.45, 7) is 0.144. The van der Waals surface area contributed by atoms with Crippen LogP contribution in [0.15, 0.2) is 60.7 Å². The molecule has 26 heavy (non-hydrogen) atoms. The predicted octanol–water partition coefficient (Wildman–Crippen LogP) is 3.02. The Kier molecular flexibility index (Phi) is 5.14. The van der Waals surface area contributed by atoms with Gasteiger partial charge >= 0.3 is 0 Å². The second-order valence-corrected chi connectivity index (χ2v) is 6.46. The molecule has 0 aromatic heterocycles. The SMILES string of the molecule is O=C(/C=C/c1ccc([N+](=O)[O-])cc1)NCC(O)(c1ccccc1)C1CC1. The van der Waals surface area contributed by atoms with Gasteiger partial charge in [-0.15, -0.1) is 0 Å². The first-order valence-electron chi connectivity index (χ1n) is 8.47. The number of nitro groups is 1. The van der Waals surface area contributed by atoms with Crippen molar-refractivity contribution in [3.8, 4) is 0 Å². The Morgan fingerprint density at radius 1 is 1.19 bits per heavy atom. The Morgan fingerprint density at radius 3 is 2.42 bits per heavy atom. The zero-order chi connectivity index (χ0) is 18.6. The Balaban J connectivity index is 1.61. The van der Waals surface area contributed by atoms with Gasteiger partial charge in [0.1, 0.15) is 5.60 Å². The van der Waals surface area contributed by atoms with Crippen molar-refractivity contribution < 1.29 is 14.8 Å². The van der Waals surface area contributed by atoms with Crippen LogP contribution in [-0.4, -0.2) is 22.5 Å². The molecule has 1 aliphatic carbocycles. The molecule has 1 fully saturated rings. The molecule has 1 amide bonds. The van der Waals surface area contributed by atoms with E-state index in [1.54, 1.807) is 18.2 Å². The summed E-state index contributed by atoms with van der Waals surface area (Å²) in [5.41, 5.74) is 0.440. The van der Waals surface area contributed by atoms with Gasteiger partial charge < -0.3 is 10.4 Å². The van der Waals surface area contributed by atoms with E-state index >= 15 is 0 Å². The number of hydrogen-bond acceptors (Lipinski definition) is 4. The minimum absolute atomic E-state index is 0.00367. The lowest BCUT2D eigenvalue weighted by Crippen LogP contribution is -2.42. The normalized spacial score (nSPS) is 16.2. The van der Waals surface area contributed by atoms with Crippen LogP contribution in [0.1, 0.15) is 24.0 Å². The molecule has 0 aliphatic heterocycles. The predicted molar refractivity (Wildman–Crippen MR) is 98.2 cm³/mol. The fourth-order valence-corrected chi connectivity index (χ4v) is 2.93. The molecule has 0 heterocycles. The molecule has 0 saturated heterocycles. The largest absolute Gasteiger partial charge is 0.383 e. The highest BCUT2D eigenvalue weighted by molar-refractivity contribution is 5.91. The number of aliphatic hydroxyl groups is 1. The van der Waals surface area contributed by atoms with E-state index in [2.05, 4.69) is 5.32 Å². The lowest BCUT2D eigenvalue weighted by atomic mass is 9.88. The average molecular weight is 352 g/mol. The molecule has 134 valence electrons. The first kappa shape index (κ1) is 17.8. The van der Waals surface area contributed by atoms with Crippen LogP contribution in [0.5, 0.6) is 0 Å². The molecule has 2 N–H and O–H groups in total. The third-order valence-electron chi connectivity index (χ3n) is 4.59. The highest BCUT2D eigenvalue weighted by Crippen LogP contribution is 2.45. The number of non-ortho nitro benzene ring substituents is 1. The van der Waals surface area contributed by atoms with Crippen molar-refractivity contribution in [2.45, 2.75) is 18.4 Å². The number of hydrogen-bond donors (Lipinski definition) is 2. The van der Waals surface area contributed by atoms with E-state index in [1.165, 1.54) is 18.2 Å². The number of nitro benzene ring substituents is 1. The summed E-state index contributed by atoms with van der Waals surface area (Å²) in [5, 5.41) is 24.4. The van der Waals surface area contributed by atoms with Crippen LogP contribution >= 0.6 is 0 Å². The van der Waals surface area contributed by atoms with Crippen molar-refractivity contribution in [1.29, 1.82) is 0 Å². The van der Waals surface area contributed by atoms with Crippen LogP contribution in [-0.2, 0) is 10.4 Å². The van der Waals surface area contributed by atoms with Crippen LogP contribution in [0.3, 0.4) is 0 Å². The lowest BCUT2D eigenvalue weighted by molar-refractivity contribution is -0.384. The van der Waals surface area contributed by atoms with Gasteiger partial charge in [0.2, 0.25) is 5.91 Å². The summed E-state index contributed by atoms with van der Waals surface area (Å²) in [5.74, 6) is -0.165. The lowest BCUT2D eigenvalue weighted by Gasteiger charge is -2.29. The Labute approximate surface area is 151 Å². The quantitative estimate of drug-likeness (QED) is 0.455. The van der Waals surface area contributed by atoms with Crippen molar-refractivity contribution in [2.24, 2.45) is 5.92 Å². The highest BCUT2D eigenvalue weighted by atomic mass is 16.6. The first-order chi connectivity index (χ1) is 12.5. The Bertz CT molecular complexity index is 813. The summed E-state index contributed by atoms with van der Waals surface area (Å²) in [6.07, 6.45) is 4.83. The first-order valence-corrected chi connectivity index (χ1v) is 8.47. The number of carbonyl (C=O) groups excluding carboxylic acids is 1. The number of amides is 1. The van der Waals surface area contributed by atoms with Gasteiger partial charge in [-0.25, -0.2) is 0 Å². The average Bonchev–Trinajstić information content (AvgIpc) is 3.51. The second-order valence-electron chi connectivity index (χ2n) is 6.46. The fourth-order valence-electron chi connectivity index (χ4n) is 2.93. The van der Waals surface area contributed by atoms with E-state index in [0.717, 1.165) is 18.4 Å². The van der Waals surface area contributed by atoms with Crippen molar-refractivity contribution in [3.05, 3.63) is 81.9 Å². The fraction of sp³-hybridized carbons (Fsp3) is 0.250. The van der Waals surface area contributed by atoms with Gasteiger partial charge in [0.15, 0.2) is 0 Å². The number of rotatable bonds is 7.